The summed E-state index contributed by atoms with van der Waals surface area (Å²) in [5.74, 6) is 0.479. The molecule has 0 aliphatic carbocycles. The van der Waals surface area contributed by atoms with Crippen LogP contribution in [0, 0.1) is 0 Å². The standard InChI is InChI=1S/C22H19ClN2O6S/c1-4-9-30-17-7-5-13(10-18(17)29-3)11-19(21(26)27)32-22-25-24-20(31-22)15-12-14(23)6-8-16(15)28-2/h4-8,10-12H,1,9H2,2-3H3,(H,26,27)/b19-11-. The van der Waals surface area contributed by atoms with Crippen LogP contribution in [-0.2, 0) is 4.79 Å². The van der Waals surface area contributed by atoms with E-state index in [2.05, 4.69) is 16.8 Å². The lowest BCUT2D eigenvalue weighted by molar-refractivity contribution is -0.131. The molecule has 0 fully saturated rings. The van der Waals surface area contributed by atoms with E-state index in [4.69, 9.17) is 30.2 Å². The van der Waals surface area contributed by atoms with E-state index in [0.717, 1.165) is 11.8 Å². The van der Waals surface area contributed by atoms with Gasteiger partial charge in [-0.15, -0.1) is 10.2 Å². The maximum atomic E-state index is 11.8. The van der Waals surface area contributed by atoms with Crippen LogP contribution in [0.3, 0.4) is 0 Å². The Bertz CT molecular complexity index is 1160. The molecule has 0 atom stereocenters. The second kappa shape index (κ2) is 10.7. The number of thioether (sulfide) groups is 1. The number of methoxy groups -OCH3 is 2. The number of benzene rings is 2. The minimum absolute atomic E-state index is 0.0277. The Morgan fingerprint density at radius 1 is 1.16 bits per heavy atom. The van der Waals surface area contributed by atoms with Crippen LogP contribution in [0.25, 0.3) is 17.5 Å². The molecule has 0 radical (unpaired) electrons. The molecule has 0 spiro atoms. The highest BCUT2D eigenvalue weighted by Gasteiger charge is 2.18. The van der Waals surface area contributed by atoms with Crippen molar-refractivity contribution >= 4 is 35.4 Å². The third-order valence-corrected chi connectivity index (χ3v) is 5.14. The van der Waals surface area contributed by atoms with E-state index in [1.54, 1.807) is 42.5 Å². The number of ether oxygens (including phenoxy) is 3. The van der Waals surface area contributed by atoms with Crippen LogP contribution in [0.1, 0.15) is 5.56 Å². The van der Waals surface area contributed by atoms with E-state index in [1.807, 2.05) is 0 Å². The van der Waals surface area contributed by atoms with E-state index < -0.39 is 5.97 Å². The van der Waals surface area contributed by atoms with Crippen molar-refractivity contribution in [3.63, 3.8) is 0 Å². The monoisotopic (exact) mass is 474 g/mol. The van der Waals surface area contributed by atoms with Gasteiger partial charge in [0, 0.05) is 5.02 Å². The average Bonchev–Trinajstić information content (AvgIpc) is 3.26. The molecule has 0 aliphatic rings. The molecule has 32 heavy (non-hydrogen) atoms. The third kappa shape index (κ3) is 5.63. The van der Waals surface area contributed by atoms with Gasteiger partial charge in [-0.3, -0.25) is 0 Å². The molecule has 0 bridgehead atoms. The first kappa shape index (κ1) is 23.2. The summed E-state index contributed by atoms with van der Waals surface area (Å²) in [6.45, 7) is 3.92. The van der Waals surface area contributed by atoms with Gasteiger partial charge in [-0.25, -0.2) is 4.79 Å². The number of aliphatic carboxylic acids is 1. The molecule has 8 nitrogen and oxygen atoms in total. The van der Waals surface area contributed by atoms with Gasteiger partial charge in [0.05, 0.1) is 19.8 Å². The number of hydrogen-bond acceptors (Lipinski definition) is 8. The number of hydrogen-bond donors (Lipinski definition) is 1. The van der Waals surface area contributed by atoms with Crippen molar-refractivity contribution in [3.8, 4) is 28.7 Å². The van der Waals surface area contributed by atoms with Gasteiger partial charge in [-0.1, -0.05) is 30.3 Å². The highest BCUT2D eigenvalue weighted by molar-refractivity contribution is 8.03. The number of carboxylic acid groups (broad SMARTS) is 1. The molecule has 3 aromatic rings. The molecule has 0 amide bonds. The Kier molecular flexibility index (Phi) is 7.80. The third-order valence-electron chi connectivity index (χ3n) is 4.05. The molecule has 0 saturated heterocycles. The molecular weight excluding hydrogens is 456 g/mol. The van der Waals surface area contributed by atoms with E-state index in [9.17, 15) is 9.90 Å². The molecule has 1 aromatic heterocycles. The molecule has 1 N–H and O–H groups in total. The first-order valence-electron chi connectivity index (χ1n) is 9.17. The van der Waals surface area contributed by atoms with Gasteiger partial charge >= 0.3 is 5.97 Å². The van der Waals surface area contributed by atoms with Gasteiger partial charge in [-0.05, 0) is 53.7 Å². The van der Waals surface area contributed by atoms with Gasteiger partial charge in [-0.2, -0.15) is 0 Å². The second-order valence-corrected chi connectivity index (χ2v) is 7.57. The Balaban J connectivity index is 1.87. The Morgan fingerprint density at radius 3 is 2.59 bits per heavy atom. The predicted molar refractivity (Wildman–Crippen MR) is 121 cm³/mol. The molecule has 0 unspecified atom stereocenters. The fraction of sp³-hybridized carbons (Fsp3) is 0.136. The summed E-state index contributed by atoms with van der Waals surface area (Å²) >= 11 is 6.87. The maximum Gasteiger partial charge on any atom is 0.342 e. The summed E-state index contributed by atoms with van der Waals surface area (Å²) in [7, 11) is 3.01. The second-order valence-electron chi connectivity index (χ2n) is 6.14. The van der Waals surface area contributed by atoms with Gasteiger partial charge in [0.1, 0.15) is 17.3 Å². The quantitative estimate of drug-likeness (QED) is 0.241. The van der Waals surface area contributed by atoms with Gasteiger partial charge in [0.2, 0.25) is 0 Å². The zero-order valence-corrected chi connectivity index (χ0v) is 18.8. The first-order valence-corrected chi connectivity index (χ1v) is 10.4. The molecule has 1 heterocycles. The topological polar surface area (TPSA) is 104 Å². The number of carbonyl (C=O) groups is 1. The highest BCUT2D eigenvalue weighted by Crippen LogP contribution is 2.35. The minimum atomic E-state index is -1.15. The molecule has 2 aromatic carbocycles. The molecule has 166 valence electrons. The van der Waals surface area contributed by atoms with E-state index in [0.29, 0.717) is 40.0 Å². The average molecular weight is 475 g/mol. The number of rotatable bonds is 10. The number of nitrogens with zero attached hydrogens (tertiary/aromatic N) is 2. The van der Waals surface area contributed by atoms with Gasteiger partial charge < -0.3 is 23.7 Å². The summed E-state index contributed by atoms with van der Waals surface area (Å²) < 4.78 is 21.8. The molecule has 0 saturated carbocycles. The van der Waals surface area contributed by atoms with E-state index in [-0.39, 0.29) is 16.0 Å². The van der Waals surface area contributed by atoms with Crippen LogP contribution >= 0.6 is 23.4 Å². The molecular formula is C22H19ClN2O6S. The van der Waals surface area contributed by atoms with Crippen LogP contribution < -0.4 is 14.2 Å². The molecule has 10 heteroatoms. The summed E-state index contributed by atoms with van der Waals surface area (Å²) in [5.41, 5.74) is 1.09. The van der Waals surface area contributed by atoms with Crippen molar-refractivity contribution < 1.29 is 28.5 Å². The van der Waals surface area contributed by atoms with Crippen LogP contribution in [0.5, 0.6) is 17.2 Å². The Hall–Kier alpha value is -3.43. The zero-order chi connectivity index (χ0) is 23.1. The fourth-order valence-corrected chi connectivity index (χ4v) is 3.47. The Labute approximate surface area is 193 Å². The largest absolute Gasteiger partial charge is 0.496 e. The van der Waals surface area contributed by atoms with E-state index >= 15 is 0 Å². The number of halogens is 1. The van der Waals surface area contributed by atoms with Gasteiger partial charge in [0.15, 0.2) is 11.5 Å². The lowest BCUT2D eigenvalue weighted by atomic mass is 10.2. The summed E-state index contributed by atoms with van der Waals surface area (Å²) in [5, 5.41) is 18.1. The smallest absolute Gasteiger partial charge is 0.342 e. The van der Waals surface area contributed by atoms with Crippen molar-refractivity contribution in [3.05, 3.63) is 64.5 Å². The first-order chi connectivity index (χ1) is 15.4. The van der Waals surface area contributed by atoms with Crippen LogP contribution in [0.2, 0.25) is 5.02 Å². The number of carboxylic acids is 1. The fourth-order valence-electron chi connectivity index (χ4n) is 2.63. The zero-order valence-electron chi connectivity index (χ0n) is 17.2. The summed E-state index contributed by atoms with van der Waals surface area (Å²) in [6, 6.07) is 10.0. The lowest BCUT2D eigenvalue weighted by Crippen LogP contribution is -1.98. The summed E-state index contributed by atoms with van der Waals surface area (Å²) in [6.07, 6.45) is 3.08. The van der Waals surface area contributed by atoms with Crippen LogP contribution in [0.4, 0.5) is 0 Å². The Morgan fingerprint density at radius 2 is 1.91 bits per heavy atom. The van der Waals surface area contributed by atoms with E-state index in [1.165, 1.54) is 20.3 Å². The van der Waals surface area contributed by atoms with Crippen molar-refractivity contribution in [2.75, 3.05) is 20.8 Å². The minimum Gasteiger partial charge on any atom is -0.496 e. The van der Waals surface area contributed by atoms with Crippen LogP contribution in [-0.4, -0.2) is 42.1 Å². The maximum absolute atomic E-state index is 11.8. The number of aromatic nitrogens is 2. The normalized spacial score (nSPS) is 11.2. The highest BCUT2D eigenvalue weighted by atomic mass is 35.5. The molecule has 0 aliphatic heterocycles. The molecule has 3 rings (SSSR count). The predicted octanol–water partition coefficient (Wildman–Crippen LogP) is 5.19. The SMILES string of the molecule is C=CCOc1ccc(/C=C(\Sc2nnc(-c3cc(Cl)ccc3OC)o2)C(=O)O)cc1OC. The van der Waals surface area contributed by atoms with Crippen molar-refractivity contribution in [2.45, 2.75) is 5.22 Å². The van der Waals surface area contributed by atoms with Crippen molar-refractivity contribution in [2.24, 2.45) is 0 Å². The van der Waals surface area contributed by atoms with Crippen LogP contribution in [0.15, 0.2) is 63.6 Å². The van der Waals surface area contributed by atoms with Crippen molar-refractivity contribution in [1.29, 1.82) is 0 Å². The lowest BCUT2D eigenvalue weighted by Gasteiger charge is -2.10. The summed E-state index contributed by atoms with van der Waals surface area (Å²) in [4.78, 5) is 11.8. The van der Waals surface area contributed by atoms with Gasteiger partial charge in [0.25, 0.3) is 11.1 Å². The van der Waals surface area contributed by atoms with Crippen molar-refractivity contribution in [1.82, 2.24) is 10.2 Å².